The van der Waals surface area contributed by atoms with Crippen molar-refractivity contribution in [2.24, 2.45) is 0 Å². The number of anilines is 1. The molecule has 4 nitrogen and oxygen atoms in total. The zero-order valence-electron chi connectivity index (χ0n) is 16.5. The predicted molar refractivity (Wildman–Crippen MR) is 119 cm³/mol. The first kappa shape index (κ1) is 19.4. The second-order valence-electron chi connectivity index (χ2n) is 6.97. The maximum absolute atomic E-state index is 12.9. The van der Waals surface area contributed by atoms with Gasteiger partial charge in [-0.3, -0.25) is 9.59 Å². The molecule has 4 rings (SSSR count). The van der Waals surface area contributed by atoms with Crippen molar-refractivity contribution in [2.45, 2.75) is 13.0 Å². The molecule has 1 amide bonds. The SMILES string of the molecule is C[C@H](Oc1cccc2ccccc12)C(=O)Nc1ccccc1C(=O)c1ccccc1. The van der Waals surface area contributed by atoms with Crippen LogP contribution in [0.5, 0.6) is 5.75 Å². The van der Waals surface area contributed by atoms with Crippen LogP contribution >= 0.6 is 0 Å². The Bertz CT molecular complexity index is 1200. The van der Waals surface area contributed by atoms with Gasteiger partial charge in [-0.05, 0) is 30.5 Å². The number of para-hydroxylation sites is 1. The van der Waals surface area contributed by atoms with E-state index in [9.17, 15) is 9.59 Å². The normalized spacial score (nSPS) is 11.6. The van der Waals surface area contributed by atoms with E-state index in [-0.39, 0.29) is 11.7 Å². The summed E-state index contributed by atoms with van der Waals surface area (Å²) in [7, 11) is 0. The zero-order chi connectivity index (χ0) is 20.9. The van der Waals surface area contributed by atoms with Gasteiger partial charge in [0, 0.05) is 16.5 Å². The van der Waals surface area contributed by atoms with E-state index in [0.29, 0.717) is 22.6 Å². The van der Waals surface area contributed by atoms with Crippen LogP contribution in [0.4, 0.5) is 5.69 Å². The molecular formula is C26H21NO3. The van der Waals surface area contributed by atoms with Gasteiger partial charge < -0.3 is 10.1 Å². The Morgan fingerprint density at radius 2 is 1.43 bits per heavy atom. The molecule has 0 fully saturated rings. The van der Waals surface area contributed by atoms with Crippen molar-refractivity contribution >= 4 is 28.2 Å². The van der Waals surface area contributed by atoms with E-state index in [1.165, 1.54) is 0 Å². The number of carbonyl (C=O) groups is 2. The third-order valence-electron chi connectivity index (χ3n) is 4.89. The average molecular weight is 395 g/mol. The van der Waals surface area contributed by atoms with E-state index in [1.807, 2.05) is 60.7 Å². The minimum Gasteiger partial charge on any atom is -0.480 e. The molecule has 0 aliphatic carbocycles. The van der Waals surface area contributed by atoms with E-state index in [0.717, 1.165) is 10.8 Å². The van der Waals surface area contributed by atoms with Crippen molar-refractivity contribution in [1.82, 2.24) is 0 Å². The van der Waals surface area contributed by atoms with Crippen molar-refractivity contribution in [3.8, 4) is 5.75 Å². The van der Waals surface area contributed by atoms with E-state index in [1.54, 1.807) is 43.3 Å². The number of rotatable bonds is 6. The van der Waals surface area contributed by atoms with Crippen molar-refractivity contribution in [1.29, 1.82) is 0 Å². The highest BCUT2D eigenvalue weighted by Gasteiger charge is 2.19. The number of benzene rings is 4. The molecule has 148 valence electrons. The Morgan fingerprint density at radius 1 is 0.767 bits per heavy atom. The molecule has 0 unspecified atom stereocenters. The van der Waals surface area contributed by atoms with Crippen molar-refractivity contribution < 1.29 is 14.3 Å². The fourth-order valence-corrected chi connectivity index (χ4v) is 3.31. The number of hydrogen-bond donors (Lipinski definition) is 1. The first-order chi connectivity index (χ1) is 14.6. The number of carbonyl (C=O) groups excluding carboxylic acids is 2. The second-order valence-corrected chi connectivity index (χ2v) is 6.97. The van der Waals surface area contributed by atoms with Crippen LogP contribution in [0.3, 0.4) is 0 Å². The molecule has 0 radical (unpaired) electrons. The number of amides is 1. The summed E-state index contributed by atoms with van der Waals surface area (Å²) in [5, 5.41) is 4.83. The summed E-state index contributed by atoms with van der Waals surface area (Å²) in [6.07, 6.45) is -0.740. The molecule has 0 aliphatic heterocycles. The second kappa shape index (κ2) is 8.62. The lowest BCUT2D eigenvalue weighted by Crippen LogP contribution is -2.30. The zero-order valence-corrected chi connectivity index (χ0v) is 16.5. The predicted octanol–water partition coefficient (Wildman–Crippen LogP) is 5.48. The standard InChI is InChI=1S/C26H21NO3/c1-18(30-24-17-9-13-19-10-5-6-14-21(19)24)26(29)27-23-16-8-7-15-22(23)25(28)20-11-3-2-4-12-20/h2-18H,1H3,(H,27,29)/t18-/m0/s1. The number of nitrogens with one attached hydrogen (secondary N) is 1. The highest BCUT2D eigenvalue weighted by Crippen LogP contribution is 2.26. The minimum atomic E-state index is -0.740. The third kappa shape index (κ3) is 4.08. The van der Waals surface area contributed by atoms with Gasteiger partial charge in [0.05, 0.1) is 5.69 Å². The Labute approximate surface area is 175 Å². The number of fused-ring (bicyclic) bond motifs is 1. The molecule has 0 saturated heterocycles. The highest BCUT2D eigenvalue weighted by molar-refractivity contribution is 6.14. The monoisotopic (exact) mass is 395 g/mol. The lowest BCUT2D eigenvalue weighted by Gasteiger charge is -2.17. The first-order valence-electron chi connectivity index (χ1n) is 9.77. The summed E-state index contributed by atoms with van der Waals surface area (Å²) in [6.45, 7) is 1.69. The number of hydrogen-bond acceptors (Lipinski definition) is 3. The van der Waals surface area contributed by atoms with Gasteiger partial charge in [0.2, 0.25) is 0 Å². The summed E-state index contributed by atoms with van der Waals surface area (Å²) in [6, 6.07) is 29.6. The lowest BCUT2D eigenvalue weighted by molar-refractivity contribution is -0.122. The molecule has 30 heavy (non-hydrogen) atoms. The van der Waals surface area contributed by atoms with Crippen LogP contribution in [-0.2, 0) is 4.79 Å². The quantitative estimate of drug-likeness (QED) is 0.440. The van der Waals surface area contributed by atoms with Gasteiger partial charge in [-0.15, -0.1) is 0 Å². The van der Waals surface area contributed by atoms with Gasteiger partial charge in [0.25, 0.3) is 5.91 Å². The van der Waals surface area contributed by atoms with Gasteiger partial charge >= 0.3 is 0 Å². The fraction of sp³-hybridized carbons (Fsp3) is 0.0769. The molecule has 1 atom stereocenters. The summed E-state index contributed by atoms with van der Waals surface area (Å²) >= 11 is 0. The van der Waals surface area contributed by atoms with Gasteiger partial charge in [0.15, 0.2) is 11.9 Å². The van der Waals surface area contributed by atoms with Gasteiger partial charge in [-0.2, -0.15) is 0 Å². The van der Waals surface area contributed by atoms with Crippen LogP contribution in [0.2, 0.25) is 0 Å². The molecule has 0 aromatic heterocycles. The van der Waals surface area contributed by atoms with Crippen molar-refractivity contribution in [3.63, 3.8) is 0 Å². The topological polar surface area (TPSA) is 55.4 Å². The molecule has 0 heterocycles. The summed E-state index contributed by atoms with van der Waals surface area (Å²) in [4.78, 5) is 25.7. The average Bonchev–Trinajstić information content (AvgIpc) is 2.80. The molecule has 4 aromatic rings. The van der Waals surface area contributed by atoms with E-state index in [2.05, 4.69) is 5.32 Å². The third-order valence-corrected chi connectivity index (χ3v) is 4.89. The van der Waals surface area contributed by atoms with Gasteiger partial charge in [-0.1, -0.05) is 78.9 Å². The number of ether oxygens (including phenoxy) is 1. The van der Waals surface area contributed by atoms with E-state index >= 15 is 0 Å². The van der Waals surface area contributed by atoms with Crippen LogP contribution in [0, 0.1) is 0 Å². The molecule has 4 heteroatoms. The minimum absolute atomic E-state index is 0.144. The van der Waals surface area contributed by atoms with Crippen LogP contribution in [0.1, 0.15) is 22.8 Å². The smallest absolute Gasteiger partial charge is 0.265 e. The summed E-state index contributed by atoms with van der Waals surface area (Å²) in [5.74, 6) is 0.176. The van der Waals surface area contributed by atoms with Crippen LogP contribution in [-0.4, -0.2) is 17.8 Å². The molecular weight excluding hydrogens is 374 g/mol. The lowest BCUT2D eigenvalue weighted by atomic mass is 10.0. The van der Waals surface area contributed by atoms with Crippen molar-refractivity contribution in [3.05, 3.63) is 108 Å². The van der Waals surface area contributed by atoms with E-state index < -0.39 is 6.10 Å². The van der Waals surface area contributed by atoms with Crippen LogP contribution < -0.4 is 10.1 Å². The van der Waals surface area contributed by atoms with Gasteiger partial charge in [-0.25, -0.2) is 0 Å². The molecule has 0 aliphatic rings. The Morgan fingerprint density at radius 3 is 2.27 bits per heavy atom. The molecule has 4 aromatic carbocycles. The maximum atomic E-state index is 12.9. The molecule has 0 saturated carbocycles. The first-order valence-corrected chi connectivity index (χ1v) is 9.77. The van der Waals surface area contributed by atoms with E-state index in [4.69, 9.17) is 4.74 Å². The Kier molecular flexibility index (Phi) is 5.57. The van der Waals surface area contributed by atoms with Gasteiger partial charge in [0.1, 0.15) is 5.75 Å². The maximum Gasteiger partial charge on any atom is 0.265 e. The van der Waals surface area contributed by atoms with Crippen molar-refractivity contribution in [2.75, 3.05) is 5.32 Å². The summed E-state index contributed by atoms with van der Waals surface area (Å²) < 4.78 is 5.95. The Balaban J connectivity index is 1.53. The number of ketones is 1. The summed E-state index contributed by atoms with van der Waals surface area (Å²) in [5.41, 5.74) is 1.47. The Hall–Kier alpha value is -3.92. The van der Waals surface area contributed by atoms with Crippen LogP contribution in [0.25, 0.3) is 10.8 Å². The molecule has 1 N–H and O–H groups in total. The highest BCUT2D eigenvalue weighted by atomic mass is 16.5. The fourth-order valence-electron chi connectivity index (χ4n) is 3.31. The molecule has 0 bridgehead atoms. The largest absolute Gasteiger partial charge is 0.480 e. The van der Waals surface area contributed by atoms with Crippen LogP contribution in [0.15, 0.2) is 97.1 Å². The molecule has 0 spiro atoms.